The molecule has 0 aliphatic rings. The van der Waals surface area contributed by atoms with E-state index in [1.807, 2.05) is 18.2 Å². The molecule has 20 heavy (non-hydrogen) atoms. The van der Waals surface area contributed by atoms with Crippen LogP contribution in [0.4, 0.5) is 0 Å². The third kappa shape index (κ3) is 3.11. The number of oxazole rings is 1. The lowest BCUT2D eigenvalue weighted by Crippen LogP contribution is -2.14. The van der Waals surface area contributed by atoms with Gasteiger partial charge < -0.3 is 19.2 Å². The van der Waals surface area contributed by atoms with Gasteiger partial charge in [-0.3, -0.25) is 0 Å². The molecular formula is C15H20N2O3. The van der Waals surface area contributed by atoms with E-state index in [9.17, 15) is 0 Å². The predicted molar refractivity (Wildman–Crippen MR) is 77.0 cm³/mol. The second-order valence-corrected chi connectivity index (χ2v) is 4.37. The summed E-state index contributed by atoms with van der Waals surface area (Å²) < 4.78 is 16.1. The summed E-state index contributed by atoms with van der Waals surface area (Å²) in [6.45, 7) is 3.78. The Morgan fingerprint density at radius 2 is 2.00 bits per heavy atom. The van der Waals surface area contributed by atoms with Crippen LogP contribution in [-0.2, 0) is 6.54 Å². The number of hydrogen-bond acceptors (Lipinski definition) is 5. The average Bonchev–Trinajstić information content (AvgIpc) is 2.95. The summed E-state index contributed by atoms with van der Waals surface area (Å²) in [6.07, 6.45) is 2.55. The van der Waals surface area contributed by atoms with Crippen molar-refractivity contribution >= 4 is 0 Å². The number of benzene rings is 1. The normalized spacial score (nSPS) is 10.6. The molecule has 5 heteroatoms. The van der Waals surface area contributed by atoms with Crippen LogP contribution in [0.3, 0.4) is 0 Å². The second-order valence-electron chi connectivity index (χ2n) is 4.37. The van der Waals surface area contributed by atoms with Gasteiger partial charge in [-0.2, -0.15) is 0 Å². The van der Waals surface area contributed by atoms with E-state index >= 15 is 0 Å². The summed E-state index contributed by atoms with van der Waals surface area (Å²) in [6, 6.07) is 5.69. The standard InChI is InChI=1S/C15H20N2O3/c1-4-7-16-9-12-15(20-10-17-12)11-5-6-13(18-2)14(8-11)19-3/h5-6,8,10,16H,4,7,9H2,1-3H3. The van der Waals surface area contributed by atoms with Gasteiger partial charge in [0.15, 0.2) is 23.7 Å². The van der Waals surface area contributed by atoms with Gasteiger partial charge in [0, 0.05) is 12.1 Å². The zero-order valence-corrected chi connectivity index (χ0v) is 12.1. The highest BCUT2D eigenvalue weighted by Gasteiger charge is 2.13. The Bertz CT molecular complexity index is 552. The van der Waals surface area contributed by atoms with Gasteiger partial charge in [0.05, 0.1) is 14.2 Å². The third-order valence-corrected chi connectivity index (χ3v) is 3.01. The highest BCUT2D eigenvalue weighted by atomic mass is 16.5. The molecule has 0 saturated carbocycles. The highest BCUT2D eigenvalue weighted by molar-refractivity contribution is 5.64. The first-order valence-electron chi connectivity index (χ1n) is 6.65. The zero-order chi connectivity index (χ0) is 14.4. The van der Waals surface area contributed by atoms with Gasteiger partial charge in [-0.1, -0.05) is 6.92 Å². The minimum absolute atomic E-state index is 0.675. The summed E-state index contributed by atoms with van der Waals surface area (Å²) in [5.74, 6) is 2.13. The summed E-state index contributed by atoms with van der Waals surface area (Å²) in [5, 5.41) is 3.32. The molecule has 0 amide bonds. The lowest BCUT2D eigenvalue weighted by Gasteiger charge is -2.09. The fourth-order valence-corrected chi connectivity index (χ4v) is 1.99. The molecule has 0 unspecified atom stereocenters. The minimum atomic E-state index is 0.675. The quantitative estimate of drug-likeness (QED) is 0.788. The van der Waals surface area contributed by atoms with Gasteiger partial charge in [0.1, 0.15) is 5.69 Å². The molecule has 1 heterocycles. The SMILES string of the molecule is CCCNCc1ncoc1-c1ccc(OC)c(OC)c1. The van der Waals surface area contributed by atoms with Crippen molar-refractivity contribution in [3.63, 3.8) is 0 Å². The number of hydrogen-bond donors (Lipinski definition) is 1. The lowest BCUT2D eigenvalue weighted by atomic mass is 10.1. The first kappa shape index (κ1) is 14.4. The smallest absolute Gasteiger partial charge is 0.181 e. The lowest BCUT2D eigenvalue weighted by molar-refractivity contribution is 0.355. The van der Waals surface area contributed by atoms with E-state index in [4.69, 9.17) is 13.9 Å². The summed E-state index contributed by atoms with van der Waals surface area (Å²) in [7, 11) is 3.23. The molecule has 108 valence electrons. The van der Waals surface area contributed by atoms with Gasteiger partial charge in [0.25, 0.3) is 0 Å². The van der Waals surface area contributed by atoms with E-state index in [0.29, 0.717) is 18.0 Å². The van der Waals surface area contributed by atoms with Crippen molar-refractivity contribution in [2.75, 3.05) is 20.8 Å². The van der Waals surface area contributed by atoms with E-state index in [-0.39, 0.29) is 0 Å². The number of aromatic nitrogens is 1. The van der Waals surface area contributed by atoms with E-state index in [1.54, 1.807) is 14.2 Å². The Morgan fingerprint density at radius 3 is 2.70 bits per heavy atom. The molecule has 1 aromatic heterocycles. The maximum absolute atomic E-state index is 5.51. The molecule has 2 rings (SSSR count). The van der Waals surface area contributed by atoms with E-state index in [2.05, 4.69) is 17.2 Å². The maximum Gasteiger partial charge on any atom is 0.181 e. The van der Waals surface area contributed by atoms with E-state index < -0.39 is 0 Å². The molecule has 0 saturated heterocycles. The van der Waals surface area contributed by atoms with Crippen LogP contribution in [0.1, 0.15) is 19.0 Å². The van der Waals surface area contributed by atoms with E-state index in [1.165, 1.54) is 6.39 Å². The van der Waals surface area contributed by atoms with Crippen LogP contribution in [0.2, 0.25) is 0 Å². The summed E-state index contributed by atoms with van der Waals surface area (Å²) in [4.78, 5) is 4.26. The van der Waals surface area contributed by atoms with Gasteiger partial charge in [-0.25, -0.2) is 4.98 Å². The fraction of sp³-hybridized carbons (Fsp3) is 0.400. The largest absolute Gasteiger partial charge is 0.493 e. The van der Waals surface area contributed by atoms with Crippen molar-refractivity contribution in [2.45, 2.75) is 19.9 Å². The Labute approximate surface area is 118 Å². The van der Waals surface area contributed by atoms with Gasteiger partial charge >= 0.3 is 0 Å². The molecule has 0 atom stereocenters. The Morgan fingerprint density at radius 1 is 1.20 bits per heavy atom. The molecule has 2 aromatic rings. The van der Waals surface area contributed by atoms with Crippen LogP contribution in [0.25, 0.3) is 11.3 Å². The minimum Gasteiger partial charge on any atom is -0.493 e. The molecule has 0 bridgehead atoms. The number of nitrogens with zero attached hydrogens (tertiary/aromatic N) is 1. The van der Waals surface area contributed by atoms with Crippen molar-refractivity contribution in [3.8, 4) is 22.8 Å². The van der Waals surface area contributed by atoms with Crippen LogP contribution < -0.4 is 14.8 Å². The first-order chi connectivity index (χ1) is 9.80. The first-order valence-corrected chi connectivity index (χ1v) is 6.65. The molecular weight excluding hydrogens is 256 g/mol. The molecule has 0 aliphatic heterocycles. The third-order valence-electron chi connectivity index (χ3n) is 3.01. The van der Waals surface area contributed by atoms with Crippen molar-refractivity contribution in [3.05, 3.63) is 30.3 Å². The molecule has 0 spiro atoms. The Balaban J connectivity index is 2.25. The van der Waals surface area contributed by atoms with Gasteiger partial charge in [-0.05, 0) is 31.2 Å². The summed E-state index contributed by atoms with van der Waals surface area (Å²) in [5.41, 5.74) is 1.82. The molecule has 1 aromatic carbocycles. The van der Waals surface area contributed by atoms with Gasteiger partial charge in [0.2, 0.25) is 0 Å². The molecule has 0 fully saturated rings. The van der Waals surface area contributed by atoms with Gasteiger partial charge in [-0.15, -0.1) is 0 Å². The highest BCUT2D eigenvalue weighted by Crippen LogP contribution is 2.33. The van der Waals surface area contributed by atoms with E-state index in [0.717, 1.165) is 30.0 Å². The number of methoxy groups -OCH3 is 2. The second kappa shape index (κ2) is 6.96. The van der Waals surface area contributed by atoms with Crippen LogP contribution in [0.5, 0.6) is 11.5 Å². The number of ether oxygens (including phenoxy) is 2. The van der Waals surface area contributed by atoms with Crippen molar-refractivity contribution in [2.24, 2.45) is 0 Å². The fourth-order valence-electron chi connectivity index (χ4n) is 1.99. The Kier molecular flexibility index (Phi) is 5.01. The predicted octanol–water partition coefficient (Wildman–Crippen LogP) is 2.86. The summed E-state index contributed by atoms with van der Waals surface area (Å²) >= 11 is 0. The Hall–Kier alpha value is -2.01. The molecule has 0 radical (unpaired) electrons. The maximum atomic E-state index is 5.51. The van der Waals surface area contributed by atoms with Crippen LogP contribution in [-0.4, -0.2) is 25.7 Å². The monoisotopic (exact) mass is 276 g/mol. The number of rotatable bonds is 7. The molecule has 5 nitrogen and oxygen atoms in total. The molecule has 0 aliphatic carbocycles. The van der Waals surface area contributed by atoms with Crippen LogP contribution >= 0.6 is 0 Å². The van der Waals surface area contributed by atoms with Crippen molar-refractivity contribution in [1.82, 2.24) is 10.3 Å². The molecule has 1 N–H and O–H groups in total. The zero-order valence-electron chi connectivity index (χ0n) is 12.1. The van der Waals surface area contributed by atoms with Crippen molar-refractivity contribution < 1.29 is 13.9 Å². The number of nitrogens with one attached hydrogen (secondary N) is 1. The van der Waals surface area contributed by atoms with Crippen LogP contribution in [0.15, 0.2) is 29.0 Å². The van der Waals surface area contributed by atoms with Crippen LogP contribution in [0, 0.1) is 0 Å². The average molecular weight is 276 g/mol. The van der Waals surface area contributed by atoms with Crippen molar-refractivity contribution in [1.29, 1.82) is 0 Å². The topological polar surface area (TPSA) is 56.5 Å².